The van der Waals surface area contributed by atoms with Gasteiger partial charge in [-0.1, -0.05) is 0 Å². The first-order valence-electron chi connectivity index (χ1n) is 4.46. The molecule has 78 valence electrons. The summed E-state index contributed by atoms with van der Waals surface area (Å²) in [7, 11) is 0. The van der Waals surface area contributed by atoms with Crippen molar-refractivity contribution >= 4 is 15.9 Å². The van der Waals surface area contributed by atoms with Crippen molar-refractivity contribution in [3.8, 4) is 5.88 Å². The van der Waals surface area contributed by atoms with Gasteiger partial charge in [-0.25, -0.2) is 4.98 Å². The van der Waals surface area contributed by atoms with Gasteiger partial charge in [-0.05, 0) is 42.8 Å². The number of hydrogen-bond donors (Lipinski definition) is 1. The average Bonchev–Trinajstić information content (AvgIpc) is 2.06. The SMILES string of the molecule is CC(C)(C)Oc1ncc(Br)cc1CN. The number of halogens is 1. The predicted octanol–water partition coefficient (Wildman–Crippen LogP) is 2.48. The Hall–Kier alpha value is -0.610. The summed E-state index contributed by atoms with van der Waals surface area (Å²) >= 11 is 3.34. The van der Waals surface area contributed by atoms with E-state index in [1.165, 1.54) is 0 Å². The maximum absolute atomic E-state index is 5.67. The van der Waals surface area contributed by atoms with Crippen LogP contribution in [0.2, 0.25) is 0 Å². The third kappa shape index (κ3) is 3.27. The van der Waals surface area contributed by atoms with Crippen molar-refractivity contribution in [3.05, 3.63) is 22.3 Å². The molecule has 1 heterocycles. The van der Waals surface area contributed by atoms with Gasteiger partial charge in [0.1, 0.15) is 5.60 Å². The highest BCUT2D eigenvalue weighted by Gasteiger charge is 2.15. The number of aromatic nitrogens is 1. The van der Waals surface area contributed by atoms with Crippen molar-refractivity contribution < 1.29 is 4.74 Å². The van der Waals surface area contributed by atoms with Crippen LogP contribution in [0.15, 0.2) is 16.7 Å². The quantitative estimate of drug-likeness (QED) is 0.887. The van der Waals surface area contributed by atoms with Crippen molar-refractivity contribution in [1.82, 2.24) is 4.98 Å². The fourth-order valence-electron chi connectivity index (χ4n) is 0.997. The molecule has 14 heavy (non-hydrogen) atoms. The second-order valence-corrected chi connectivity index (χ2v) is 4.95. The first kappa shape index (κ1) is 11.5. The van der Waals surface area contributed by atoms with Gasteiger partial charge in [0.25, 0.3) is 0 Å². The lowest BCUT2D eigenvalue weighted by molar-refractivity contribution is 0.122. The fraction of sp³-hybridized carbons (Fsp3) is 0.500. The summed E-state index contributed by atoms with van der Waals surface area (Å²) in [5, 5.41) is 0. The topological polar surface area (TPSA) is 48.1 Å². The third-order valence-electron chi connectivity index (χ3n) is 1.51. The van der Waals surface area contributed by atoms with Gasteiger partial charge in [0.05, 0.1) is 0 Å². The van der Waals surface area contributed by atoms with Crippen LogP contribution in [0.1, 0.15) is 26.3 Å². The van der Waals surface area contributed by atoms with Gasteiger partial charge in [0, 0.05) is 22.8 Å². The van der Waals surface area contributed by atoms with E-state index in [1.807, 2.05) is 26.8 Å². The molecule has 2 N–H and O–H groups in total. The van der Waals surface area contributed by atoms with Gasteiger partial charge in [0.15, 0.2) is 0 Å². The summed E-state index contributed by atoms with van der Waals surface area (Å²) < 4.78 is 6.58. The van der Waals surface area contributed by atoms with Crippen LogP contribution < -0.4 is 10.5 Å². The van der Waals surface area contributed by atoms with Crippen molar-refractivity contribution in [3.63, 3.8) is 0 Å². The molecule has 0 atom stereocenters. The molecule has 0 radical (unpaired) electrons. The van der Waals surface area contributed by atoms with Crippen molar-refractivity contribution in [2.45, 2.75) is 32.9 Å². The summed E-state index contributed by atoms with van der Waals surface area (Å²) in [5.41, 5.74) is 6.26. The molecule has 0 aromatic carbocycles. The van der Waals surface area contributed by atoms with E-state index >= 15 is 0 Å². The minimum atomic E-state index is -0.245. The molecule has 1 aromatic rings. The summed E-state index contributed by atoms with van der Waals surface area (Å²) in [6.45, 7) is 6.38. The molecule has 0 aliphatic carbocycles. The normalized spacial score (nSPS) is 11.5. The Kier molecular flexibility index (Phi) is 3.50. The molecule has 0 amide bonds. The van der Waals surface area contributed by atoms with E-state index in [1.54, 1.807) is 6.20 Å². The molecule has 0 saturated carbocycles. The largest absolute Gasteiger partial charge is 0.472 e. The zero-order chi connectivity index (χ0) is 10.8. The monoisotopic (exact) mass is 258 g/mol. The van der Waals surface area contributed by atoms with E-state index in [0.29, 0.717) is 12.4 Å². The zero-order valence-electron chi connectivity index (χ0n) is 8.67. The highest BCUT2D eigenvalue weighted by Crippen LogP contribution is 2.23. The number of pyridine rings is 1. The Morgan fingerprint density at radius 1 is 1.50 bits per heavy atom. The Morgan fingerprint density at radius 2 is 2.14 bits per heavy atom. The molecule has 1 aromatic heterocycles. The van der Waals surface area contributed by atoms with Crippen LogP contribution in [-0.4, -0.2) is 10.6 Å². The first-order valence-corrected chi connectivity index (χ1v) is 5.25. The molecule has 0 bridgehead atoms. The molecule has 0 aliphatic heterocycles. The lowest BCUT2D eigenvalue weighted by Crippen LogP contribution is -2.24. The molecule has 0 fully saturated rings. The van der Waals surface area contributed by atoms with Crippen molar-refractivity contribution in [1.29, 1.82) is 0 Å². The maximum Gasteiger partial charge on any atom is 0.218 e. The van der Waals surface area contributed by atoms with Crippen LogP contribution in [0.5, 0.6) is 5.88 Å². The van der Waals surface area contributed by atoms with Crippen LogP contribution in [0, 0.1) is 0 Å². The molecule has 1 rings (SSSR count). The Morgan fingerprint density at radius 3 is 2.64 bits per heavy atom. The highest BCUT2D eigenvalue weighted by atomic mass is 79.9. The van der Waals surface area contributed by atoms with E-state index < -0.39 is 0 Å². The van der Waals surface area contributed by atoms with Gasteiger partial charge in [0.2, 0.25) is 5.88 Å². The van der Waals surface area contributed by atoms with Crippen LogP contribution in [0.25, 0.3) is 0 Å². The van der Waals surface area contributed by atoms with Crippen LogP contribution >= 0.6 is 15.9 Å². The summed E-state index contributed by atoms with van der Waals surface area (Å²) in [4.78, 5) is 4.19. The molecular weight excluding hydrogens is 244 g/mol. The van der Waals surface area contributed by atoms with Gasteiger partial charge < -0.3 is 10.5 Å². The van der Waals surface area contributed by atoms with E-state index in [4.69, 9.17) is 10.5 Å². The molecule has 0 unspecified atom stereocenters. The number of ether oxygens (including phenoxy) is 1. The van der Waals surface area contributed by atoms with Gasteiger partial charge >= 0.3 is 0 Å². The second kappa shape index (κ2) is 4.28. The molecule has 0 spiro atoms. The molecule has 0 aliphatic rings. The van der Waals surface area contributed by atoms with E-state index in [2.05, 4.69) is 20.9 Å². The second-order valence-electron chi connectivity index (χ2n) is 4.04. The van der Waals surface area contributed by atoms with E-state index in [-0.39, 0.29) is 5.60 Å². The number of nitrogens with zero attached hydrogens (tertiary/aromatic N) is 1. The minimum Gasteiger partial charge on any atom is -0.472 e. The number of nitrogens with two attached hydrogens (primary N) is 1. The van der Waals surface area contributed by atoms with Gasteiger partial charge in [-0.15, -0.1) is 0 Å². The molecule has 3 nitrogen and oxygen atoms in total. The summed E-state index contributed by atoms with van der Waals surface area (Å²) in [6.07, 6.45) is 1.71. The van der Waals surface area contributed by atoms with Crippen molar-refractivity contribution in [2.24, 2.45) is 5.73 Å². The van der Waals surface area contributed by atoms with E-state index in [9.17, 15) is 0 Å². The number of hydrogen-bond acceptors (Lipinski definition) is 3. The maximum atomic E-state index is 5.67. The van der Waals surface area contributed by atoms with Crippen molar-refractivity contribution in [2.75, 3.05) is 0 Å². The highest BCUT2D eigenvalue weighted by molar-refractivity contribution is 9.10. The fourth-order valence-corrected chi connectivity index (χ4v) is 1.38. The molecular formula is C10H15BrN2O. The Labute approximate surface area is 92.8 Å². The number of rotatable bonds is 2. The third-order valence-corrected chi connectivity index (χ3v) is 1.95. The zero-order valence-corrected chi connectivity index (χ0v) is 10.3. The smallest absolute Gasteiger partial charge is 0.218 e. The molecule has 4 heteroatoms. The van der Waals surface area contributed by atoms with Gasteiger partial charge in [-0.3, -0.25) is 0 Å². The predicted molar refractivity (Wildman–Crippen MR) is 60.2 cm³/mol. The first-order chi connectivity index (χ1) is 6.42. The van der Waals surface area contributed by atoms with Crippen LogP contribution in [-0.2, 0) is 6.54 Å². The Bertz CT molecular complexity index is 320. The lowest BCUT2D eigenvalue weighted by atomic mass is 10.2. The molecule has 0 saturated heterocycles. The van der Waals surface area contributed by atoms with Crippen LogP contribution in [0.3, 0.4) is 0 Å². The summed E-state index contributed by atoms with van der Waals surface area (Å²) in [5.74, 6) is 0.614. The summed E-state index contributed by atoms with van der Waals surface area (Å²) in [6, 6.07) is 1.92. The standard InChI is InChI=1S/C10H15BrN2O/c1-10(2,3)14-9-7(5-12)4-8(11)6-13-9/h4,6H,5,12H2,1-3H3. The van der Waals surface area contributed by atoms with E-state index in [0.717, 1.165) is 10.0 Å². The average molecular weight is 259 g/mol. The van der Waals surface area contributed by atoms with Gasteiger partial charge in [-0.2, -0.15) is 0 Å². The lowest BCUT2D eigenvalue weighted by Gasteiger charge is -2.21. The Balaban J connectivity index is 2.97. The minimum absolute atomic E-state index is 0.245. The van der Waals surface area contributed by atoms with Crippen LogP contribution in [0.4, 0.5) is 0 Å².